The number of nitrogens with one attached hydrogen (secondary N) is 2. The predicted molar refractivity (Wildman–Crippen MR) is 68.2 cm³/mol. The first-order chi connectivity index (χ1) is 8.70. The summed E-state index contributed by atoms with van der Waals surface area (Å²) in [6.45, 7) is 0.598. The van der Waals surface area contributed by atoms with Crippen LogP contribution in [0, 0.1) is 0 Å². The van der Waals surface area contributed by atoms with Gasteiger partial charge in [0.1, 0.15) is 11.5 Å². The molecule has 0 spiro atoms. The van der Waals surface area contributed by atoms with Gasteiger partial charge in [-0.1, -0.05) is 0 Å². The summed E-state index contributed by atoms with van der Waals surface area (Å²) in [4.78, 5) is 19.6. The van der Waals surface area contributed by atoms with E-state index in [1.165, 1.54) is 0 Å². The summed E-state index contributed by atoms with van der Waals surface area (Å²) in [5.74, 6) is 0.726. The van der Waals surface area contributed by atoms with Crippen molar-refractivity contribution in [3.8, 4) is 0 Å². The molecule has 2 aromatic rings. The molecule has 0 aliphatic heterocycles. The van der Waals surface area contributed by atoms with Crippen molar-refractivity contribution in [3.05, 3.63) is 42.2 Å². The summed E-state index contributed by atoms with van der Waals surface area (Å²) in [5.41, 5.74) is 1.23. The Bertz CT molecular complexity index is 549. The lowest BCUT2D eigenvalue weighted by atomic mass is 10.3. The highest BCUT2D eigenvalue weighted by molar-refractivity contribution is 5.92. The molecule has 6 nitrogen and oxygen atoms in total. The Hall–Kier alpha value is -2.37. The van der Waals surface area contributed by atoms with Gasteiger partial charge in [0.2, 0.25) is 0 Å². The van der Waals surface area contributed by atoms with Gasteiger partial charge in [0.15, 0.2) is 0 Å². The van der Waals surface area contributed by atoms with Crippen LogP contribution in [0.4, 0.5) is 5.69 Å². The van der Waals surface area contributed by atoms with Crippen LogP contribution in [-0.2, 0) is 13.6 Å². The fraction of sp³-hybridized carbons (Fsp3) is 0.250. The van der Waals surface area contributed by atoms with Gasteiger partial charge in [-0.05, 0) is 12.1 Å². The molecule has 1 amide bonds. The summed E-state index contributed by atoms with van der Waals surface area (Å²) in [5, 5.41) is 5.75. The molecule has 0 aliphatic rings. The Morgan fingerprint density at radius 3 is 2.89 bits per heavy atom. The molecule has 0 unspecified atom stereocenters. The SMILES string of the molecule is CNC(=O)c1cc(NCc2nccn2C)ccn1. The predicted octanol–water partition coefficient (Wildman–Crippen LogP) is 0.787. The Balaban J connectivity index is 2.06. The van der Waals surface area contributed by atoms with E-state index < -0.39 is 0 Å². The number of carbonyl (C=O) groups is 1. The second-order valence-corrected chi connectivity index (χ2v) is 3.82. The van der Waals surface area contributed by atoms with Crippen LogP contribution in [0.15, 0.2) is 30.7 Å². The van der Waals surface area contributed by atoms with Crippen LogP contribution in [0.3, 0.4) is 0 Å². The third kappa shape index (κ3) is 2.65. The Labute approximate surface area is 105 Å². The average molecular weight is 245 g/mol. The number of hydrogen-bond acceptors (Lipinski definition) is 4. The number of imidazole rings is 1. The number of hydrogen-bond donors (Lipinski definition) is 2. The Morgan fingerprint density at radius 2 is 2.22 bits per heavy atom. The highest BCUT2D eigenvalue weighted by atomic mass is 16.1. The number of aryl methyl sites for hydroxylation is 1. The highest BCUT2D eigenvalue weighted by Gasteiger charge is 2.05. The number of anilines is 1. The molecule has 2 rings (SSSR count). The number of pyridine rings is 1. The largest absolute Gasteiger partial charge is 0.378 e. The van der Waals surface area contributed by atoms with E-state index in [4.69, 9.17) is 0 Å². The molecule has 0 fully saturated rings. The molecule has 2 heterocycles. The number of rotatable bonds is 4. The van der Waals surface area contributed by atoms with Crippen molar-refractivity contribution >= 4 is 11.6 Å². The van der Waals surface area contributed by atoms with E-state index in [0.717, 1.165) is 11.5 Å². The van der Waals surface area contributed by atoms with E-state index in [9.17, 15) is 4.79 Å². The van der Waals surface area contributed by atoms with Crippen LogP contribution in [-0.4, -0.2) is 27.5 Å². The van der Waals surface area contributed by atoms with Gasteiger partial charge < -0.3 is 15.2 Å². The third-order valence-corrected chi connectivity index (χ3v) is 2.59. The standard InChI is InChI=1S/C12H15N5O/c1-13-12(18)10-7-9(3-4-14-10)16-8-11-15-5-6-17(11)2/h3-7H,8H2,1-2H3,(H,13,18)(H,14,16). The van der Waals surface area contributed by atoms with Crippen molar-refractivity contribution in [2.75, 3.05) is 12.4 Å². The second-order valence-electron chi connectivity index (χ2n) is 3.82. The summed E-state index contributed by atoms with van der Waals surface area (Å²) in [6.07, 6.45) is 5.24. The maximum atomic E-state index is 11.4. The first kappa shape index (κ1) is 12.1. The smallest absolute Gasteiger partial charge is 0.269 e. The number of carbonyl (C=O) groups excluding carboxylic acids is 1. The van der Waals surface area contributed by atoms with Gasteiger partial charge in [0.05, 0.1) is 6.54 Å². The van der Waals surface area contributed by atoms with Gasteiger partial charge >= 0.3 is 0 Å². The van der Waals surface area contributed by atoms with Crippen molar-refractivity contribution in [2.24, 2.45) is 7.05 Å². The van der Waals surface area contributed by atoms with Crippen LogP contribution in [0.5, 0.6) is 0 Å². The molecule has 18 heavy (non-hydrogen) atoms. The Morgan fingerprint density at radius 1 is 1.39 bits per heavy atom. The maximum absolute atomic E-state index is 11.4. The van der Waals surface area contributed by atoms with Crippen LogP contribution < -0.4 is 10.6 Å². The van der Waals surface area contributed by atoms with Crippen LogP contribution >= 0.6 is 0 Å². The van der Waals surface area contributed by atoms with Crippen LogP contribution in [0.1, 0.15) is 16.3 Å². The zero-order valence-corrected chi connectivity index (χ0v) is 10.3. The first-order valence-corrected chi connectivity index (χ1v) is 5.59. The van der Waals surface area contributed by atoms with Crippen molar-refractivity contribution in [3.63, 3.8) is 0 Å². The molecule has 0 bridgehead atoms. The lowest BCUT2D eigenvalue weighted by Crippen LogP contribution is -2.19. The van der Waals surface area contributed by atoms with Gasteiger partial charge in [-0.2, -0.15) is 0 Å². The van der Waals surface area contributed by atoms with Gasteiger partial charge in [-0.25, -0.2) is 4.98 Å². The van der Waals surface area contributed by atoms with Crippen LogP contribution in [0.25, 0.3) is 0 Å². The van der Waals surface area contributed by atoms with Gasteiger partial charge in [0.25, 0.3) is 5.91 Å². The first-order valence-electron chi connectivity index (χ1n) is 5.59. The van der Waals surface area contributed by atoms with Crippen molar-refractivity contribution in [2.45, 2.75) is 6.54 Å². The molecule has 6 heteroatoms. The van der Waals surface area contributed by atoms with E-state index in [0.29, 0.717) is 12.2 Å². The quantitative estimate of drug-likeness (QED) is 0.835. The lowest BCUT2D eigenvalue weighted by Gasteiger charge is -2.07. The minimum absolute atomic E-state index is 0.198. The van der Waals surface area contributed by atoms with Gasteiger partial charge in [-0.15, -0.1) is 0 Å². The number of amides is 1. The summed E-state index contributed by atoms with van der Waals surface area (Å²) < 4.78 is 1.94. The number of nitrogens with zero attached hydrogens (tertiary/aromatic N) is 3. The zero-order valence-electron chi connectivity index (χ0n) is 10.3. The Kier molecular flexibility index (Phi) is 3.57. The van der Waals surface area contributed by atoms with E-state index in [2.05, 4.69) is 20.6 Å². The molecule has 2 N–H and O–H groups in total. The molecule has 0 aliphatic carbocycles. The molecule has 0 radical (unpaired) electrons. The average Bonchev–Trinajstić information content (AvgIpc) is 2.81. The monoisotopic (exact) mass is 245 g/mol. The molecule has 2 aromatic heterocycles. The molecular formula is C12H15N5O. The van der Waals surface area contributed by atoms with E-state index in [-0.39, 0.29) is 5.91 Å². The molecule has 0 aromatic carbocycles. The minimum Gasteiger partial charge on any atom is -0.378 e. The van der Waals surface area contributed by atoms with Crippen molar-refractivity contribution in [1.82, 2.24) is 19.9 Å². The molecular weight excluding hydrogens is 230 g/mol. The topological polar surface area (TPSA) is 71.8 Å². The summed E-state index contributed by atoms with van der Waals surface area (Å²) in [6, 6.07) is 3.52. The zero-order chi connectivity index (χ0) is 13.0. The third-order valence-electron chi connectivity index (χ3n) is 2.59. The van der Waals surface area contributed by atoms with Gasteiger partial charge in [0, 0.05) is 38.4 Å². The lowest BCUT2D eigenvalue weighted by molar-refractivity contribution is 0.0958. The van der Waals surface area contributed by atoms with Crippen molar-refractivity contribution in [1.29, 1.82) is 0 Å². The highest BCUT2D eigenvalue weighted by Crippen LogP contribution is 2.09. The summed E-state index contributed by atoms with van der Waals surface area (Å²) >= 11 is 0. The maximum Gasteiger partial charge on any atom is 0.269 e. The second kappa shape index (κ2) is 5.31. The summed E-state index contributed by atoms with van der Waals surface area (Å²) in [7, 11) is 3.52. The fourth-order valence-corrected chi connectivity index (χ4v) is 1.54. The normalized spacial score (nSPS) is 10.1. The van der Waals surface area contributed by atoms with E-state index >= 15 is 0 Å². The molecule has 0 saturated heterocycles. The van der Waals surface area contributed by atoms with Crippen LogP contribution in [0.2, 0.25) is 0 Å². The van der Waals surface area contributed by atoms with E-state index in [1.54, 1.807) is 25.5 Å². The van der Waals surface area contributed by atoms with Gasteiger partial charge in [-0.3, -0.25) is 9.78 Å². The fourth-order valence-electron chi connectivity index (χ4n) is 1.54. The molecule has 0 saturated carbocycles. The van der Waals surface area contributed by atoms with Crippen molar-refractivity contribution < 1.29 is 4.79 Å². The molecule has 94 valence electrons. The molecule has 0 atom stereocenters. The minimum atomic E-state index is -0.198. The van der Waals surface area contributed by atoms with E-state index in [1.807, 2.05) is 23.9 Å². The number of aromatic nitrogens is 3.